The molecule has 0 aliphatic rings. The van der Waals surface area contributed by atoms with E-state index in [2.05, 4.69) is 9.72 Å². The van der Waals surface area contributed by atoms with Gasteiger partial charge in [0.25, 0.3) is 0 Å². The van der Waals surface area contributed by atoms with Gasteiger partial charge in [0.2, 0.25) is 0 Å². The Bertz CT molecular complexity index is 444. The minimum atomic E-state index is -5.16. The molecule has 0 saturated heterocycles. The van der Waals surface area contributed by atoms with Gasteiger partial charge in [-0.05, 0) is 22.6 Å². The Morgan fingerprint density at radius 1 is 1.22 bits per heavy atom. The van der Waals surface area contributed by atoms with Gasteiger partial charge < -0.3 is 9.84 Å². The molecule has 0 fully saturated rings. The van der Waals surface area contributed by atoms with E-state index < -0.39 is 36.2 Å². The Kier molecular flexibility index (Phi) is 4.30. The van der Waals surface area contributed by atoms with Crippen LogP contribution in [-0.2, 0) is 12.8 Å². The summed E-state index contributed by atoms with van der Waals surface area (Å²) in [5.41, 5.74) is -2.66. The maximum absolute atomic E-state index is 12.5. The lowest BCUT2D eigenvalue weighted by molar-refractivity contribution is -0.275. The fourth-order valence-electron chi connectivity index (χ4n) is 1.13. The van der Waals surface area contributed by atoms with Crippen molar-refractivity contribution in [3.8, 4) is 5.75 Å². The zero-order chi connectivity index (χ0) is 14.1. The smallest absolute Gasteiger partial charge is 0.404 e. The third kappa shape index (κ3) is 3.60. The fourth-order valence-corrected chi connectivity index (χ4v) is 1.70. The van der Waals surface area contributed by atoms with Crippen molar-refractivity contribution in [2.75, 3.05) is 0 Å². The van der Waals surface area contributed by atoms with Crippen LogP contribution in [0.3, 0.4) is 0 Å². The van der Waals surface area contributed by atoms with E-state index in [0.29, 0.717) is 6.20 Å². The molecule has 0 bridgehead atoms. The highest BCUT2D eigenvalue weighted by Gasteiger charge is 2.40. The number of aliphatic hydroxyl groups excluding tert-OH is 1. The summed E-state index contributed by atoms with van der Waals surface area (Å²) in [5.74, 6) is -1.09. The van der Waals surface area contributed by atoms with Crippen LogP contribution in [0.1, 0.15) is 11.3 Å². The van der Waals surface area contributed by atoms with Crippen LogP contribution in [0.5, 0.6) is 5.75 Å². The normalized spacial score (nSPS) is 12.7. The quantitative estimate of drug-likeness (QED) is 0.627. The molecule has 0 radical (unpaired) electrons. The highest BCUT2D eigenvalue weighted by atomic mass is 127. The van der Waals surface area contributed by atoms with Crippen LogP contribution in [0.4, 0.5) is 26.3 Å². The molecule has 1 aromatic heterocycles. The van der Waals surface area contributed by atoms with Crippen molar-refractivity contribution in [3.63, 3.8) is 0 Å². The van der Waals surface area contributed by atoms with Crippen LogP contribution in [0.15, 0.2) is 6.20 Å². The van der Waals surface area contributed by atoms with Crippen molar-refractivity contribution < 1.29 is 36.2 Å². The third-order valence-electron chi connectivity index (χ3n) is 1.73. The lowest BCUT2D eigenvalue weighted by Gasteiger charge is -2.17. The molecule has 0 atom stereocenters. The van der Waals surface area contributed by atoms with Gasteiger partial charge in [-0.15, -0.1) is 13.2 Å². The second-order valence-corrected chi connectivity index (χ2v) is 4.13. The lowest BCUT2D eigenvalue weighted by atomic mass is 10.2. The first-order chi connectivity index (χ1) is 8.06. The summed E-state index contributed by atoms with van der Waals surface area (Å²) < 4.78 is 76.8. The predicted molar refractivity (Wildman–Crippen MR) is 54.6 cm³/mol. The van der Waals surface area contributed by atoms with E-state index in [1.54, 1.807) is 0 Å². The summed E-state index contributed by atoms with van der Waals surface area (Å²) in [6.07, 6.45) is -9.55. The summed E-state index contributed by atoms with van der Waals surface area (Å²) in [5, 5.41) is 8.79. The molecule has 0 unspecified atom stereocenters. The highest BCUT2D eigenvalue weighted by molar-refractivity contribution is 14.1. The average molecular weight is 387 g/mol. The number of nitrogens with zero attached hydrogens (tertiary/aromatic N) is 1. The summed E-state index contributed by atoms with van der Waals surface area (Å²) in [4.78, 5) is 2.97. The zero-order valence-corrected chi connectivity index (χ0v) is 10.4. The minimum Gasteiger partial charge on any atom is -0.404 e. The van der Waals surface area contributed by atoms with Crippen molar-refractivity contribution in [1.29, 1.82) is 0 Å². The van der Waals surface area contributed by atoms with Crippen LogP contribution in [0.2, 0.25) is 0 Å². The average Bonchev–Trinajstić information content (AvgIpc) is 2.17. The number of rotatable bonds is 2. The highest BCUT2D eigenvalue weighted by Crippen LogP contribution is 2.38. The molecule has 3 nitrogen and oxygen atoms in total. The van der Waals surface area contributed by atoms with E-state index >= 15 is 0 Å². The Morgan fingerprint density at radius 3 is 2.17 bits per heavy atom. The molecule has 0 amide bonds. The molecule has 0 aliphatic heterocycles. The SMILES string of the molecule is OCc1c(C(F)(F)F)ncc(I)c1OC(F)(F)F. The number of halogens is 7. The van der Waals surface area contributed by atoms with Gasteiger partial charge in [-0.1, -0.05) is 0 Å². The van der Waals surface area contributed by atoms with E-state index in [9.17, 15) is 26.3 Å². The summed E-state index contributed by atoms with van der Waals surface area (Å²) in [6.45, 7) is -1.27. The maximum atomic E-state index is 12.5. The van der Waals surface area contributed by atoms with Gasteiger partial charge in [-0.3, -0.25) is 4.98 Å². The number of hydrogen-bond acceptors (Lipinski definition) is 3. The minimum absolute atomic E-state index is 0.290. The van der Waals surface area contributed by atoms with Crippen LogP contribution in [0, 0.1) is 3.57 Å². The third-order valence-corrected chi connectivity index (χ3v) is 2.50. The Hall–Kier alpha value is -0.780. The van der Waals surface area contributed by atoms with Gasteiger partial charge in [0.15, 0.2) is 11.4 Å². The zero-order valence-electron chi connectivity index (χ0n) is 8.23. The van der Waals surface area contributed by atoms with Crippen LogP contribution < -0.4 is 4.74 Å². The Labute approximate surface area is 110 Å². The summed E-state index contributed by atoms with van der Waals surface area (Å²) in [6, 6.07) is 0. The maximum Gasteiger partial charge on any atom is 0.573 e. The number of ether oxygens (including phenoxy) is 1. The van der Waals surface area contributed by atoms with Crippen molar-refractivity contribution in [1.82, 2.24) is 4.98 Å². The monoisotopic (exact) mass is 387 g/mol. The molecular weight excluding hydrogens is 383 g/mol. The molecule has 0 aromatic carbocycles. The van der Waals surface area contributed by atoms with Gasteiger partial charge in [-0.2, -0.15) is 13.2 Å². The molecule has 0 saturated carbocycles. The van der Waals surface area contributed by atoms with E-state index in [0.717, 1.165) is 0 Å². The molecule has 18 heavy (non-hydrogen) atoms. The fraction of sp³-hybridized carbons (Fsp3) is 0.375. The van der Waals surface area contributed by atoms with Gasteiger partial charge in [-0.25, -0.2) is 0 Å². The van der Waals surface area contributed by atoms with Gasteiger partial charge >= 0.3 is 12.5 Å². The summed E-state index contributed by atoms with van der Waals surface area (Å²) in [7, 11) is 0. The molecule has 0 aliphatic carbocycles. The lowest BCUT2D eigenvalue weighted by Crippen LogP contribution is -2.21. The Morgan fingerprint density at radius 2 is 1.78 bits per heavy atom. The van der Waals surface area contributed by atoms with Crippen molar-refractivity contribution >= 4 is 22.6 Å². The molecular formula is C8H4F6INO2. The van der Waals surface area contributed by atoms with E-state index in [1.165, 1.54) is 22.6 Å². The largest absolute Gasteiger partial charge is 0.573 e. The van der Waals surface area contributed by atoms with Gasteiger partial charge in [0.1, 0.15) is 0 Å². The van der Waals surface area contributed by atoms with Crippen LogP contribution in [0.25, 0.3) is 0 Å². The molecule has 1 rings (SSSR count). The van der Waals surface area contributed by atoms with Gasteiger partial charge in [0.05, 0.1) is 15.7 Å². The molecule has 1 heterocycles. The molecule has 1 N–H and O–H groups in total. The second kappa shape index (κ2) is 5.07. The first-order valence-corrected chi connectivity index (χ1v) is 5.25. The van der Waals surface area contributed by atoms with E-state index in [4.69, 9.17) is 5.11 Å². The number of aromatic nitrogens is 1. The molecule has 1 aromatic rings. The number of alkyl halides is 6. The standard InChI is InChI=1S/C8H4F6INO2/c9-7(10,11)6-3(2-17)5(4(15)1-16-6)18-8(12,13)14/h1,17H,2H2. The van der Waals surface area contributed by atoms with Gasteiger partial charge in [0, 0.05) is 6.20 Å². The molecule has 102 valence electrons. The number of aliphatic hydroxyl groups is 1. The van der Waals surface area contributed by atoms with Crippen LogP contribution in [-0.4, -0.2) is 16.5 Å². The Balaban J connectivity index is 3.40. The van der Waals surface area contributed by atoms with E-state index in [-0.39, 0.29) is 3.57 Å². The first kappa shape index (κ1) is 15.3. The van der Waals surface area contributed by atoms with Crippen molar-refractivity contribution in [3.05, 3.63) is 21.0 Å². The topological polar surface area (TPSA) is 42.4 Å². The van der Waals surface area contributed by atoms with Crippen molar-refractivity contribution in [2.24, 2.45) is 0 Å². The van der Waals surface area contributed by atoms with Crippen LogP contribution >= 0.6 is 22.6 Å². The second-order valence-electron chi connectivity index (χ2n) is 2.97. The number of pyridine rings is 1. The molecule has 0 spiro atoms. The molecule has 10 heteroatoms. The predicted octanol–water partition coefficient (Wildman–Crippen LogP) is 3.10. The first-order valence-electron chi connectivity index (χ1n) is 4.17. The van der Waals surface area contributed by atoms with Crippen molar-refractivity contribution in [2.45, 2.75) is 19.1 Å². The summed E-state index contributed by atoms with van der Waals surface area (Å²) >= 11 is 1.33. The van der Waals surface area contributed by atoms with E-state index in [1.807, 2.05) is 0 Å². The number of hydrogen-bond donors (Lipinski definition) is 1.